The topological polar surface area (TPSA) is 60.9 Å². The minimum absolute atomic E-state index is 0.0669. The number of nitrogens with zero attached hydrogens (tertiary/aromatic N) is 2. The van der Waals surface area contributed by atoms with E-state index < -0.39 is 16.0 Å². The lowest BCUT2D eigenvalue weighted by Crippen LogP contribution is -2.42. The Labute approximate surface area is 113 Å². The van der Waals surface area contributed by atoms with Crippen LogP contribution in [0.25, 0.3) is 0 Å². The first-order chi connectivity index (χ1) is 8.93. The van der Waals surface area contributed by atoms with Crippen LogP contribution < -0.4 is 4.31 Å². The largest absolute Gasteiger partial charge is 0.396 e. The molecule has 0 saturated heterocycles. The molecule has 0 aliphatic carbocycles. The maximum absolute atomic E-state index is 12.9. The Hall–Kier alpha value is -1.18. The van der Waals surface area contributed by atoms with Gasteiger partial charge in [0.25, 0.3) is 0 Å². The minimum Gasteiger partial charge on any atom is -0.396 e. The molecule has 0 radical (unpaired) electrons. The first-order valence-corrected chi connectivity index (χ1v) is 7.43. The summed E-state index contributed by atoms with van der Waals surface area (Å²) in [6, 6.07) is 5.30. The third kappa shape index (κ3) is 3.89. The van der Waals surface area contributed by atoms with Crippen molar-refractivity contribution in [2.45, 2.75) is 13.3 Å². The van der Waals surface area contributed by atoms with Gasteiger partial charge in [-0.3, -0.25) is 4.31 Å². The maximum atomic E-state index is 12.9. The van der Waals surface area contributed by atoms with E-state index in [0.29, 0.717) is 12.1 Å². The number of benzene rings is 1. The standard InChI is InChI=1S/C12H19FN2O3S/c1-3-15(12-7-5-11(13)6-8-12)19(17,18)14(2)9-4-10-16/h5-8,16H,3-4,9-10H2,1-2H3. The Morgan fingerprint density at radius 3 is 2.32 bits per heavy atom. The molecule has 1 aromatic carbocycles. The van der Waals surface area contributed by atoms with Crippen LogP contribution in [0.1, 0.15) is 13.3 Å². The second kappa shape index (κ2) is 6.83. The predicted molar refractivity (Wildman–Crippen MR) is 72.7 cm³/mol. The molecule has 7 heteroatoms. The number of halogens is 1. The molecule has 108 valence electrons. The van der Waals surface area contributed by atoms with Crippen molar-refractivity contribution in [3.05, 3.63) is 30.1 Å². The van der Waals surface area contributed by atoms with Crippen molar-refractivity contribution in [2.24, 2.45) is 0 Å². The molecule has 0 fully saturated rings. The van der Waals surface area contributed by atoms with Gasteiger partial charge in [-0.1, -0.05) is 0 Å². The first-order valence-electron chi connectivity index (χ1n) is 6.04. The molecule has 1 aromatic rings. The van der Waals surface area contributed by atoms with Crippen LogP contribution in [0.2, 0.25) is 0 Å². The maximum Gasteiger partial charge on any atom is 0.303 e. The summed E-state index contributed by atoms with van der Waals surface area (Å²) < 4.78 is 39.9. The van der Waals surface area contributed by atoms with E-state index in [9.17, 15) is 12.8 Å². The Morgan fingerprint density at radius 1 is 1.26 bits per heavy atom. The van der Waals surface area contributed by atoms with Crippen LogP contribution in [-0.2, 0) is 10.2 Å². The van der Waals surface area contributed by atoms with Crippen molar-refractivity contribution < 1.29 is 17.9 Å². The average molecular weight is 290 g/mol. The van der Waals surface area contributed by atoms with E-state index >= 15 is 0 Å². The highest BCUT2D eigenvalue weighted by Gasteiger charge is 2.25. The quantitative estimate of drug-likeness (QED) is 0.821. The Morgan fingerprint density at radius 2 is 1.84 bits per heavy atom. The van der Waals surface area contributed by atoms with Gasteiger partial charge in [-0.2, -0.15) is 12.7 Å². The summed E-state index contributed by atoms with van der Waals surface area (Å²) in [5.41, 5.74) is 0.416. The van der Waals surface area contributed by atoms with Crippen LogP contribution in [0, 0.1) is 5.82 Å². The second-order valence-electron chi connectivity index (χ2n) is 4.05. The van der Waals surface area contributed by atoms with Gasteiger partial charge in [-0.15, -0.1) is 0 Å². The van der Waals surface area contributed by atoms with Crippen LogP contribution in [0.4, 0.5) is 10.1 Å². The van der Waals surface area contributed by atoms with Crippen LogP contribution in [0.5, 0.6) is 0 Å². The normalized spacial score (nSPS) is 11.8. The number of aliphatic hydroxyl groups excluding tert-OH is 1. The van der Waals surface area contributed by atoms with Gasteiger partial charge in [0.05, 0.1) is 5.69 Å². The zero-order valence-corrected chi connectivity index (χ0v) is 11.9. The van der Waals surface area contributed by atoms with Gasteiger partial charge in [0, 0.05) is 26.7 Å². The Bertz CT molecular complexity index is 490. The highest BCUT2D eigenvalue weighted by molar-refractivity contribution is 7.90. The molecular formula is C12H19FN2O3S. The summed E-state index contributed by atoms with van der Waals surface area (Å²) in [5, 5.41) is 8.75. The van der Waals surface area contributed by atoms with E-state index in [2.05, 4.69) is 0 Å². The van der Waals surface area contributed by atoms with E-state index in [1.807, 2.05) is 0 Å². The lowest BCUT2D eigenvalue weighted by molar-refractivity contribution is 0.275. The van der Waals surface area contributed by atoms with Crippen molar-refractivity contribution in [2.75, 3.05) is 31.0 Å². The minimum atomic E-state index is -3.66. The molecule has 0 atom stereocenters. The molecule has 0 saturated carbocycles. The van der Waals surface area contributed by atoms with E-state index in [4.69, 9.17) is 5.11 Å². The number of hydrogen-bond acceptors (Lipinski definition) is 3. The van der Waals surface area contributed by atoms with E-state index in [1.165, 1.54) is 39.9 Å². The van der Waals surface area contributed by atoms with Crippen LogP contribution in [0.3, 0.4) is 0 Å². The van der Waals surface area contributed by atoms with Crippen molar-refractivity contribution in [1.82, 2.24) is 4.31 Å². The van der Waals surface area contributed by atoms with Gasteiger partial charge in [0.1, 0.15) is 5.82 Å². The van der Waals surface area contributed by atoms with Crippen molar-refractivity contribution in [1.29, 1.82) is 0 Å². The van der Waals surface area contributed by atoms with Gasteiger partial charge in [0.15, 0.2) is 0 Å². The van der Waals surface area contributed by atoms with Crippen molar-refractivity contribution >= 4 is 15.9 Å². The van der Waals surface area contributed by atoms with E-state index in [-0.39, 0.29) is 19.7 Å². The van der Waals surface area contributed by atoms with Crippen LogP contribution in [0.15, 0.2) is 24.3 Å². The van der Waals surface area contributed by atoms with E-state index in [0.717, 1.165) is 0 Å². The summed E-state index contributed by atoms with van der Waals surface area (Å²) in [6.07, 6.45) is 0.372. The van der Waals surface area contributed by atoms with Crippen molar-refractivity contribution in [3.8, 4) is 0 Å². The van der Waals surface area contributed by atoms with Crippen LogP contribution in [-0.4, -0.2) is 44.6 Å². The lowest BCUT2D eigenvalue weighted by atomic mass is 10.3. The van der Waals surface area contributed by atoms with E-state index in [1.54, 1.807) is 6.92 Å². The van der Waals surface area contributed by atoms with Gasteiger partial charge in [0.2, 0.25) is 0 Å². The third-order valence-electron chi connectivity index (χ3n) is 2.71. The molecule has 1 rings (SSSR count). The van der Waals surface area contributed by atoms with Gasteiger partial charge >= 0.3 is 10.2 Å². The summed E-state index contributed by atoms with van der Waals surface area (Å²) in [6.45, 7) is 2.12. The number of hydrogen-bond donors (Lipinski definition) is 1. The fourth-order valence-electron chi connectivity index (χ4n) is 1.66. The molecule has 0 unspecified atom stereocenters. The smallest absolute Gasteiger partial charge is 0.303 e. The fraction of sp³-hybridized carbons (Fsp3) is 0.500. The molecule has 0 spiro atoms. The van der Waals surface area contributed by atoms with Crippen LogP contribution >= 0.6 is 0 Å². The first kappa shape index (κ1) is 15.9. The third-order valence-corrected chi connectivity index (χ3v) is 4.70. The number of anilines is 1. The summed E-state index contributed by atoms with van der Waals surface area (Å²) in [7, 11) is -2.20. The fourth-order valence-corrected chi connectivity index (χ4v) is 3.07. The zero-order chi connectivity index (χ0) is 14.5. The average Bonchev–Trinajstić information content (AvgIpc) is 2.38. The molecule has 0 aromatic heterocycles. The lowest BCUT2D eigenvalue weighted by Gasteiger charge is -2.28. The number of rotatable bonds is 7. The summed E-state index contributed by atoms with van der Waals surface area (Å²) >= 11 is 0. The highest BCUT2D eigenvalue weighted by Crippen LogP contribution is 2.20. The predicted octanol–water partition coefficient (Wildman–Crippen LogP) is 1.21. The Balaban J connectivity index is 2.98. The molecule has 5 nitrogen and oxygen atoms in total. The van der Waals surface area contributed by atoms with Gasteiger partial charge in [-0.05, 0) is 37.6 Å². The molecule has 1 N–H and O–H groups in total. The summed E-state index contributed by atoms with van der Waals surface area (Å²) in [4.78, 5) is 0. The van der Waals surface area contributed by atoms with Crippen molar-refractivity contribution in [3.63, 3.8) is 0 Å². The second-order valence-corrected chi connectivity index (χ2v) is 6.01. The monoisotopic (exact) mass is 290 g/mol. The molecule has 0 bridgehead atoms. The molecule has 0 aliphatic heterocycles. The SMILES string of the molecule is CCN(c1ccc(F)cc1)S(=O)(=O)N(C)CCCO. The molecule has 19 heavy (non-hydrogen) atoms. The molecule has 0 heterocycles. The van der Waals surface area contributed by atoms with Gasteiger partial charge < -0.3 is 5.11 Å². The summed E-state index contributed by atoms with van der Waals surface area (Å²) in [5.74, 6) is -0.411. The Kier molecular flexibility index (Phi) is 5.71. The zero-order valence-electron chi connectivity index (χ0n) is 11.1. The number of aliphatic hydroxyl groups is 1. The highest BCUT2D eigenvalue weighted by atomic mass is 32.2. The molecule has 0 aliphatic rings. The molecule has 0 amide bonds. The molecular weight excluding hydrogens is 271 g/mol. The van der Waals surface area contributed by atoms with Gasteiger partial charge in [-0.25, -0.2) is 4.39 Å².